The quantitative estimate of drug-likeness (QED) is 0.780. The third kappa shape index (κ3) is 4.83. The van der Waals surface area contributed by atoms with Crippen LogP contribution in [0, 0.1) is 12.7 Å². The monoisotopic (exact) mass is 348 g/mol. The number of hydrogen-bond acceptors (Lipinski definition) is 3. The number of ether oxygens (including phenoxy) is 2. The summed E-state index contributed by atoms with van der Waals surface area (Å²) in [5.74, 6) is 1.15. The lowest BCUT2D eigenvalue weighted by atomic mass is 10.1. The van der Waals surface area contributed by atoms with Crippen molar-refractivity contribution in [1.82, 2.24) is 5.32 Å². The van der Waals surface area contributed by atoms with Gasteiger partial charge in [-0.1, -0.05) is 12.1 Å². The van der Waals surface area contributed by atoms with Crippen LogP contribution in [0.25, 0.3) is 0 Å². The second-order valence-corrected chi connectivity index (χ2v) is 5.69. The maximum absolute atomic E-state index is 13.5. The molecule has 4 nitrogen and oxygen atoms in total. The zero-order chi connectivity index (χ0) is 17.5. The van der Waals surface area contributed by atoms with E-state index < -0.39 is 0 Å². The third-order valence-electron chi connectivity index (χ3n) is 3.58. The molecule has 0 radical (unpaired) electrons. The summed E-state index contributed by atoms with van der Waals surface area (Å²) in [4.78, 5) is 0. The van der Waals surface area contributed by atoms with Crippen molar-refractivity contribution in [2.24, 2.45) is 0 Å². The van der Waals surface area contributed by atoms with Crippen molar-refractivity contribution in [3.8, 4) is 11.5 Å². The maximum Gasteiger partial charge on any atom is 0.170 e. The molecule has 2 aromatic rings. The van der Waals surface area contributed by atoms with Gasteiger partial charge in [0.15, 0.2) is 16.6 Å². The Bertz CT molecular complexity index is 722. The van der Waals surface area contributed by atoms with Gasteiger partial charge in [0, 0.05) is 12.2 Å². The van der Waals surface area contributed by atoms with Crippen LogP contribution in [0.15, 0.2) is 36.4 Å². The molecule has 0 saturated carbocycles. The third-order valence-corrected chi connectivity index (χ3v) is 3.82. The number of nitrogens with one attached hydrogen (secondary N) is 2. The Balaban J connectivity index is 1.85. The molecule has 24 heavy (non-hydrogen) atoms. The van der Waals surface area contributed by atoms with Crippen LogP contribution in [0.5, 0.6) is 11.5 Å². The van der Waals surface area contributed by atoms with Gasteiger partial charge in [0.1, 0.15) is 5.82 Å². The zero-order valence-corrected chi connectivity index (χ0v) is 14.8. The minimum absolute atomic E-state index is 0.256. The normalized spacial score (nSPS) is 10.2. The lowest BCUT2D eigenvalue weighted by molar-refractivity contribution is 0.354. The van der Waals surface area contributed by atoms with Gasteiger partial charge in [-0.25, -0.2) is 4.39 Å². The molecule has 0 aliphatic rings. The Morgan fingerprint density at radius 1 is 1.08 bits per heavy atom. The van der Waals surface area contributed by atoms with Gasteiger partial charge in [-0.2, -0.15) is 0 Å². The molecule has 0 fully saturated rings. The second-order valence-electron chi connectivity index (χ2n) is 5.28. The molecule has 0 bridgehead atoms. The van der Waals surface area contributed by atoms with Gasteiger partial charge in [0.25, 0.3) is 0 Å². The highest BCUT2D eigenvalue weighted by Gasteiger charge is 2.05. The molecule has 2 aromatic carbocycles. The molecular formula is C18H21FN2O2S. The van der Waals surface area contributed by atoms with Crippen molar-refractivity contribution in [3.05, 3.63) is 53.3 Å². The Kier molecular flexibility index (Phi) is 6.37. The van der Waals surface area contributed by atoms with Crippen LogP contribution in [-0.2, 0) is 6.42 Å². The number of rotatable bonds is 6. The van der Waals surface area contributed by atoms with Crippen molar-refractivity contribution < 1.29 is 13.9 Å². The number of hydrogen-bond donors (Lipinski definition) is 2. The van der Waals surface area contributed by atoms with Crippen molar-refractivity contribution in [3.63, 3.8) is 0 Å². The molecular weight excluding hydrogens is 327 g/mol. The first-order valence-electron chi connectivity index (χ1n) is 7.55. The maximum atomic E-state index is 13.5. The average molecular weight is 348 g/mol. The van der Waals surface area contributed by atoms with Crippen LogP contribution in [0.4, 0.5) is 10.1 Å². The van der Waals surface area contributed by atoms with Gasteiger partial charge in [-0.05, 0) is 61.0 Å². The molecule has 2 N–H and O–H groups in total. The Hall–Kier alpha value is -2.34. The summed E-state index contributed by atoms with van der Waals surface area (Å²) in [5, 5.41) is 6.54. The van der Waals surface area contributed by atoms with Gasteiger partial charge in [0.05, 0.1) is 14.2 Å². The number of aryl methyl sites for hydroxylation is 1. The molecule has 0 saturated heterocycles. The van der Waals surface area contributed by atoms with E-state index in [1.54, 1.807) is 33.3 Å². The number of thiocarbonyl (C=S) groups is 1. The lowest BCUT2D eigenvalue weighted by Gasteiger charge is -2.12. The molecule has 0 spiro atoms. The largest absolute Gasteiger partial charge is 0.493 e. The van der Waals surface area contributed by atoms with Crippen LogP contribution in [0.2, 0.25) is 0 Å². The van der Waals surface area contributed by atoms with Gasteiger partial charge in [0.2, 0.25) is 0 Å². The Morgan fingerprint density at radius 2 is 1.83 bits per heavy atom. The molecule has 0 aromatic heterocycles. The van der Waals surface area contributed by atoms with Crippen LogP contribution < -0.4 is 20.1 Å². The fraction of sp³-hybridized carbons (Fsp3) is 0.278. The fourth-order valence-corrected chi connectivity index (χ4v) is 2.42. The fourth-order valence-electron chi connectivity index (χ4n) is 2.20. The van der Waals surface area contributed by atoms with Gasteiger partial charge < -0.3 is 20.1 Å². The number of halogens is 1. The summed E-state index contributed by atoms with van der Waals surface area (Å²) in [6, 6.07) is 10.7. The van der Waals surface area contributed by atoms with Gasteiger partial charge >= 0.3 is 0 Å². The molecule has 2 rings (SSSR count). The summed E-state index contributed by atoms with van der Waals surface area (Å²) in [7, 11) is 3.22. The molecule has 0 heterocycles. The van der Waals surface area contributed by atoms with E-state index in [4.69, 9.17) is 21.7 Å². The molecule has 0 unspecified atom stereocenters. The minimum Gasteiger partial charge on any atom is -0.493 e. The summed E-state index contributed by atoms with van der Waals surface area (Å²) in [6.07, 6.45) is 0.768. The topological polar surface area (TPSA) is 42.5 Å². The van der Waals surface area contributed by atoms with E-state index in [0.717, 1.165) is 12.0 Å². The standard InChI is InChI=1S/C18H21FN2O2S/c1-12-4-6-14(11-15(12)19)21-18(24)20-9-8-13-5-7-16(22-2)17(10-13)23-3/h4-7,10-11H,8-9H2,1-3H3,(H2,20,21,24). The highest BCUT2D eigenvalue weighted by molar-refractivity contribution is 7.80. The van der Waals surface area contributed by atoms with E-state index in [9.17, 15) is 4.39 Å². The summed E-state index contributed by atoms with van der Waals surface area (Å²) < 4.78 is 24.0. The van der Waals surface area contributed by atoms with Crippen LogP contribution >= 0.6 is 12.2 Å². The summed E-state index contributed by atoms with van der Waals surface area (Å²) >= 11 is 5.23. The van der Waals surface area contributed by atoms with Crippen molar-refractivity contribution in [2.45, 2.75) is 13.3 Å². The van der Waals surface area contributed by atoms with Crippen LogP contribution in [-0.4, -0.2) is 25.9 Å². The number of anilines is 1. The van der Waals surface area contributed by atoms with E-state index in [2.05, 4.69) is 10.6 Å². The van der Waals surface area contributed by atoms with Crippen molar-refractivity contribution >= 4 is 23.0 Å². The molecule has 0 aliphatic carbocycles. The molecule has 128 valence electrons. The van der Waals surface area contributed by atoms with E-state index in [1.807, 2.05) is 18.2 Å². The summed E-state index contributed by atoms with van der Waals surface area (Å²) in [6.45, 7) is 2.37. The van der Waals surface area contributed by atoms with E-state index in [0.29, 0.717) is 34.4 Å². The predicted molar refractivity (Wildman–Crippen MR) is 98.6 cm³/mol. The SMILES string of the molecule is COc1ccc(CCNC(=S)Nc2ccc(C)c(F)c2)cc1OC. The highest BCUT2D eigenvalue weighted by Crippen LogP contribution is 2.27. The van der Waals surface area contributed by atoms with Crippen LogP contribution in [0.3, 0.4) is 0 Å². The Morgan fingerprint density at radius 3 is 2.50 bits per heavy atom. The predicted octanol–water partition coefficient (Wildman–Crippen LogP) is 3.68. The lowest BCUT2D eigenvalue weighted by Crippen LogP contribution is -2.30. The van der Waals surface area contributed by atoms with Gasteiger partial charge in [-0.3, -0.25) is 0 Å². The summed E-state index contributed by atoms with van der Waals surface area (Å²) in [5.41, 5.74) is 2.33. The molecule has 0 amide bonds. The van der Waals surface area contributed by atoms with E-state index in [1.165, 1.54) is 6.07 Å². The second kappa shape index (κ2) is 8.49. The van der Waals surface area contributed by atoms with Crippen LogP contribution in [0.1, 0.15) is 11.1 Å². The Labute approximate surface area is 147 Å². The smallest absolute Gasteiger partial charge is 0.170 e. The highest BCUT2D eigenvalue weighted by atomic mass is 32.1. The number of benzene rings is 2. The number of methoxy groups -OCH3 is 2. The molecule has 0 aliphatic heterocycles. The minimum atomic E-state index is -0.256. The van der Waals surface area contributed by atoms with Crippen molar-refractivity contribution in [2.75, 3.05) is 26.1 Å². The first kappa shape index (κ1) is 18.0. The molecule has 0 atom stereocenters. The first-order chi connectivity index (χ1) is 11.5. The molecule has 6 heteroatoms. The zero-order valence-electron chi connectivity index (χ0n) is 14.0. The average Bonchev–Trinajstić information content (AvgIpc) is 2.58. The van der Waals surface area contributed by atoms with E-state index in [-0.39, 0.29) is 5.82 Å². The van der Waals surface area contributed by atoms with Gasteiger partial charge in [-0.15, -0.1) is 0 Å². The van der Waals surface area contributed by atoms with E-state index >= 15 is 0 Å². The van der Waals surface area contributed by atoms with Crippen molar-refractivity contribution in [1.29, 1.82) is 0 Å². The first-order valence-corrected chi connectivity index (χ1v) is 7.96.